The van der Waals surface area contributed by atoms with E-state index in [2.05, 4.69) is 26.1 Å². The average Bonchev–Trinajstić information content (AvgIpc) is 3.55. The van der Waals surface area contributed by atoms with E-state index < -0.39 is 16.2 Å². The fourth-order valence-electron chi connectivity index (χ4n) is 5.26. The van der Waals surface area contributed by atoms with Gasteiger partial charge in [0, 0.05) is 45.1 Å². The Labute approximate surface area is 230 Å². The predicted molar refractivity (Wildman–Crippen MR) is 130 cm³/mol. The molecule has 3 aliphatic rings. The van der Waals surface area contributed by atoms with E-state index in [-0.39, 0.29) is 37.5 Å². The minimum atomic E-state index is -4.15. The minimum absolute atomic E-state index is 0. The summed E-state index contributed by atoms with van der Waals surface area (Å²) in [6, 6.07) is 1.55. The van der Waals surface area contributed by atoms with E-state index in [9.17, 15) is 13.2 Å². The minimum Gasteiger partial charge on any atom is -1.00 e. The number of nitrogens with zero attached hydrogens (tertiary/aromatic N) is 4. The van der Waals surface area contributed by atoms with Gasteiger partial charge in [0.15, 0.2) is 0 Å². The number of carbonyl (C=O) groups is 1. The normalized spacial score (nSPS) is 17.4. The second kappa shape index (κ2) is 11.2. The number of hydrogen-bond acceptors (Lipinski definition) is 6. The molecule has 2 aliphatic carbocycles. The molecule has 35 heavy (non-hydrogen) atoms. The SMILES string of the molecule is Cn1cc(N(CCN2CCOCC2)S(=O)(=O)NC(=O)Nc2c3c(cc4c2CCC4)CCC3)cn1.[H-].[Na+]. The number of anilines is 2. The molecular weight excluding hydrogens is 479 g/mol. The largest absolute Gasteiger partial charge is 1.00 e. The van der Waals surface area contributed by atoms with Crippen LogP contribution in [0.2, 0.25) is 0 Å². The van der Waals surface area contributed by atoms with E-state index in [1.165, 1.54) is 21.6 Å². The zero-order valence-electron chi connectivity index (χ0n) is 21.5. The maximum Gasteiger partial charge on any atom is 1.00 e. The van der Waals surface area contributed by atoms with Crippen molar-refractivity contribution in [3.8, 4) is 0 Å². The molecule has 0 radical (unpaired) electrons. The average molecular weight is 513 g/mol. The Kier molecular flexibility index (Phi) is 8.45. The van der Waals surface area contributed by atoms with Gasteiger partial charge in [-0.2, -0.15) is 13.5 Å². The zero-order chi connectivity index (χ0) is 23.7. The molecule has 0 unspecified atom stereocenters. The number of aryl methyl sites for hydroxylation is 3. The van der Waals surface area contributed by atoms with Crippen LogP contribution < -0.4 is 43.9 Å². The summed E-state index contributed by atoms with van der Waals surface area (Å²) in [4.78, 5) is 15.2. The predicted octanol–water partition coefficient (Wildman–Crippen LogP) is -1.28. The van der Waals surface area contributed by atoms with Gasteiger partial charge in [-0.05, 0) is 60.8 Å². The van der Waals surface area contributed by atoms with Crippen molar-refractivity contribution in [1.29, 1.82) is 0 Å². The second-order valence-electron chi connectivity index (χ2n) is 9.19. The van der Waals surface area contributed by atoms with Gasteiger partial charge in [0.1, 0.15) is 0 Å². The van der Waals surface area contributed by atoms with Crippen molar-refractivity contribution in [2.45, 2.75) is 38.5 Å². The maximum atomic E-state index is 13.4. The molecule has 0 spiro atoms. The number of fused-ring (bicyclic) bond motifs is 2. The van der Waals surface area contributed by atoms with Crippen LogP contribution in [-0.4, -0.2) is 68.5 Å². The summed E-state index contributed by atoms with van der Waals surface area (Å²) >= 11 is 0. The third-order valence-corrected chi connectivity index (χ3v) is 8.34. The van der Waals surface area contributed by atoms with E-state index in [1.54, 1.807) is 17.9 Å². The summed E-state index contributed by atoms with van der Waals surface area (Å²) in [5.41, 5.74) is 6.10. The molecule has 186 valence electrons. The number of hydrogen-bond donors (Lipinski definition) is 2. The first-order valence-corrected chi connectivity index (χ1v) is 13.4. The number of nitrogens with one attached hydrogen (secondary N) is 2. The third-order valence-electron chi connectivity index (χ3n) is 6.93. The molecule has 2 heterocycles. The van der Waals surface area contributed by atoms with Gasteiger partial charge in [-0.25, -0.2) is 13.8 Å². The number of rotatable bonds is 7. The third kappa shape index (κ3) is 5.86. The number of urea groups is 1. The van der Waals surface area contributed by atoms with Crippen molar-refractivity contribution in [3.05, 3.63) is 40.7 Å². The molecule has 1 saturated heterocycles. The zero-order valence-corrected chi connectivity index (χ0v) is 23.4. The van der Waals surface area contributed by atoms with E-state index in [1.807, 2.05) is 0 Å². The van der Waals surface area contributed by atoms with Crippen molar-refractivity contribution >= 4 is 27.6 Å². The van der Waals surface area contributed by atoms with Crippen LogP contribution >= 0.6 is 0 Å². The molecule has 2 aromatic rings. The van der Waals surface area contributed by atoms with Gasteiger partial charge in [-0.1, -0.05) is 6.07 Å². The van der Waals surface area contributed by atoms with Gasteiger partial charge in [-0.3, -0.25) is 9.58 Å². The summed E-state index contributed by atoms with van der Waals surface area (Å²) < 4.78 is 37.1. The number of aromatic nitrogens is 2. The Balaban J connectivity index is 0.00000180. The number of carbonyl (C=O) groups excluding carboxylic acids is 1. The fourth-order valence-corrected chi connectivity index (χ4v) is 6.35. The molecule has 0 bridgehead atoms. The Morgan fingerprint density at radius 2 is 1.80 bits per heavy atom. The number of amides is 2. The van der Waals surface area contributed by atoms with Gasteiger partial charge in [0.05, 0.1) is 25.1 Å². The molecule has 10 nitrogen and oxygen atoms in total. The van der Waals surface area contributed by atoms with Gasteiger partial charge >= 0.3 is 45.8 Å². The smallest absolute Gasteiger partial charge is 1.00 e. The maximum absolute atomic E-state index is 13.4. The molecule has 1 fully saturated rings. The Hall–Kier alpha value is -1.63. The molecule has 2 N–H and O–H groups in total. The summed E-state index contributed by atoms with van der Waals surface area (Å²) in [6.45, 7) is 3.49. The van der Waals surface area contributed by atoms with Crippen molar-refractivity contribution in [3.63, 3.8) is 0 Å². The molecule has 1 aliphatic heterocycles. The summed E-state index contributed by atoms with van der Waals surface area (Å²) in [5.74, 6) is 0. The molecular formula is C23H33N6NaO4S. The van der Waals surface area contributed by atoms with E-state index >= 15 is 0 Å². The van der Waals surface area contributed by atoms with Gasteiger partial charge in [0.2, 0.25) is 0 Å². The summed E-state index contributed by atoms with van der Waals surface area (Å²) in [7, 11) is -2.42. The van der Waals surface area contributed by atoms with Crippen molar-refractivity contribution in [1.82, 2.24) is 19.4 Å². The Morgan fingerprint density at radius 3 is 2.40 bits per heavy atom. The van der Waals surface area contributed by atoms with Crippen molar-refractivity contribution < 1.29 is 48.9 Å². The molecule has 1 aromatic heterocycles. The second-order valence-corrected chi connectivity index (χ2v) is 10.8. The van der Waals surface area contributed by atoms with Crippen LogP contribution in [0, 0.1) is 0 Å². The monoisotopic (exact) mass is 512 g/mol. The van der Waals surface area contributed by atoms with Crippen LogP contribution in [0.3, 0.4) is 0 Å². The standard InChI is InChI=1S/C23H32N6O4S.Na.H/c1-27-16-19(15-24-27)29(9-8-28-10-12-33-13-11-28)34(31,32)26-23(30)25-22-20-6-2-4-17(20)14-18-5-3-7-21(18)22;;/h14-16H,2-13H2,1H3,(H2,25,26,30);;/q;+1;-1. The Bertz CT molecular complexity index is 1150. The quantitative estimate of drug-likeness (QED) is 0.448. The van der Waals surface area contributed by atoms with Crippen LogP contribution in [0.4, 0.5) is 16.2 Å². The summed E-state index contributed by atoms with van der Waals surface area (Å²) in [6.07, 6.45) is 9.08. The van der Waals surface area contributed by atoms with Crippen LogP contribution in [0.15, 0.2) is 18.5 Å². The fraction of sp³-hybridized carbons (Fsp3) is 0.565. The Morgan fingerprint density at radius 1 is 1.14 bits per heavy atom. The first-order valence-electron chi connectivity index (χ1n) is 12.0. The van der Waals surface area contributed by atoms with Crippen LogP contribution in [0.1, 0.15) is 36.5 Å². The molecule has 1 aromatic carbocycles. The molecule has 12 heteroatoms. The van der Waals surface area contributed by atoms with Crippen molar-refractivity contribution in [2.75, 3.05) is 49.0 Å². The van der Waals surface area contributed by atoms with Gasteiger partial charge < -0.3 is 11.5 Å². The van der Waals surface area contributed by atoms with Crippen molar-refractivity contribution in [2.24, 2.45) is 7.05 Å². The molecule has 0 atom stereocenters. The van der Waals surface area contributed by atoms with E-state index in [0.717, 1.165) is 68.4 Å². The molecule has 0 saturated carbocycles. The van der Waals surface area contributed by atoms with Gasteiger partial charge in [-0.15, -0.1) is 0 Å². The molecule has 5 rings (SSSR count). The van der Waals surface area contributed by atoms with Crippen LogP contribution in [0.5, 0.6) is 0 Å². The topological polar surface area (TPSA) is 109 Å². The molecule has 2 amide bonds. The van der Waals surface area contributed by atoms with E-state index in [0.29, 0.717) is 25.4 Å². The number of benzene rings is 1. The van der Waals surface area contributed by atoms with Crippen LogP contribution in [0.25, 0.3) is 0 Å². The first-order chi connectivity index (χ1) is 16.4. The van der Waals surface area contributed by atoms with Gasteiger partial charge in [0.25, 0.3) is 0 Å². The summed E-state index contributed by atoms with van der Waals surface area (Å²) in [5, 5.41) is 7.03. The first kappa shape index (κ1) is 26.4. The number of ether oxygens (including phenoxy) is 1. The van der Waals surface area contributed by atoms with Crippen LogP contribution in [-0.2, 0) is 47.7 Å². The number of morpholine rings is 1. The van der Waals surface area contributed by atoms with E-state index in [4.69, 9.17) is 4.74 Å².